The number of allylic oxidation sites excluding steroid dienone is 4. The van der Waals surface area contributed by atoms with E-state index in [0.29, 0.717) is 12.8 Å². The zero-order chi connectivity index (χ0) is 42.5. The maximum absolute atomic E-state index is 12.8. The first-order valence-corrected chi connectivity index (χ1v) is 21.9. The van der Waals surface area contributed by atoms with Crippen LogP contribution in [0.1, 0.15) is 142 Å². The smallest absolute Gasteiger partial charge is 0.306 e. The molecule has 0 aromatic heterocycles. The van der Waals surface area contributed by atoms with E-state index in [2.05, 4.69) is 31.2 Å². The second kappa shape index (κ2) is 31.8. The van der Waals surface area contributed by atoms with Crippen LogP contribution in [0.5, 0.6) is 0 Å². The molecule has 2 aliphatic heterocycles. The van der Waals surface area contributed by atoms with E-state index in [0.717, 1.165) is 51.4 Å². The van der Waals surface area contributed by atoms with Crippen molar-refractivity contribution in [3.05, 3.63) is 24.3 Å². The van der Waals surface area contributed by atoms with E-state index < -0.39 is 92.7 Å². The molecule has 15 heteroatoms. The number of rotatable bonds is 32. The Hall–Kier alpha value is -2.02. The van der Waals surface area contributed by atoms with Crippen LogP contribution in [0.25, 0.3) is 0 Å². The molecule has 2 aliphatic rings. The molecule has 2 rings (SSSR count). The van der Waals surface area contributed by atoms with Crippen molar-refractivity contribution in [3.8, 4) is 0 Å². The molecule has 2 fully saturated rings. The minimum absolute atomic E-state index is 0.161. The number of unbranched alkanes of at least 4 members (excludes halogenated alkanes) is 14. The molecule has 338 valence electrons. The number of aliphatic hydroxyl groups excluding tert-OH is 7. The van der Waals surface area contributed by atoms with Crippen molar-refractivity contribution in [2.75, 3.05) is 26.4 Å². The van der Waals surface area contributed by atoms with Gasteiger partial charge in [0.2, 0.25) is 0 Å². The summed E-state index contributed by atoms with van der Waals surface area (Å²) in [6, 6.07) is 0. The molecular weight excluding hydrogens is 756 g/mol. The first-order chi connectivity index (χ1) is 28.0. The van der Waals surface area contributed by atoms with Gasteiger partial charge in [0.15, 0.2) is 18.7 Å². The summed E-state index contributed by atoms with van der Waals surface area (Å²) in [7, 11) is 0. The second-order valence-corrected chi connectivity index (χ2v) is 15.5. The van der Waals surface area contributed by atoms with E-state index in [1.807, 2.05) is 6.92 Å². The van der Waals surface area contributed by atoms with Crippen LogP contribution in [-0.2, 0) is 38.0 Å². The molecule has 7 N–H and O–H groups in total. The fourth-order valence-electron chi connectivity index (χ4n) is 6.72. The lowest BCUT2D eigenvalue weighted by molar-refractivity contribution is -0.332. The van der Waals surface area contributed by atoms with Gasteiger partial charge < -0.3 is 64.2 Å². The minimum Gasteiger partial charge on any atom is -0.462 e. The van der Waals surface area contributed by atoms with Gasteiger partial charge in [0.1, 0.15) is 55.4 Å². The third-order valence-electron chi connectivity index (χ3n) is 10.4. The first kappa shape index (κ1) is 52.1. The van der Waals surface area contributed by atoms with Gasteiger partial charge in [-0.2, -0.15) is 0 Å². The van der Waals surface area contributed by atoms with E-state index in [1.54, 1.807) is 0 Å². The molecule has 0 aromatic rings. The van der Waals surface area contributed by atoms with E-state index in [9.17, 15) is 45.3 Å². The largest absolute Gasteiger partial charge is 0.462 e. The Morgan fingerprint density at radius 2 is 1.03 bits per heavy atom. The Kier molecular flexibility index (Phi) is 28.6. The summed E-state index contributed by atoms with van der Waals surface area (Å²) in [5, 5.41) is 71.5. The molecule has 0 aliphatic carbocycles. The van der Waals surface area contributed by atoms with Crippen molar-refractivity contribution < 1.29 is 73.8 Å². The first-order valence-electron chi connectivity index (χ1n) is 21.9. The highest BCUT2D eigenvalue weighted by molar-refractivity contribution is 5.70. The van der Waals surface area contributed by atoms with Crippen molar-refractivity contribution in [1.82, 2.24) is 0 Å². The Morgan fingerprint density at radius 3 is 1.64 bits per heavy atom. The zero-order valence-electron chi connectivity index (χ0n) is 35.0. The van der Waals surface area contributed by atoms with Gasteiger partial charge in [-0.15, -0.1) is 0 Å². The predicted octanol–water partition coefficient (Wildman–Crippen LogP) is 4.04. The predicted molar refractivity (Wildman–Crippen MR) is 215 cm³/mol. The van der Waals surface area contributed by atoms with Gasteiger partial charge in [0, 0.05) is 12.8 Å². The maximum Gasteiger partial charge on any atom is 0.306 e. The Bertz CT molecular complexity index is 1120. The van der Waals surface area contributed by atoms with Crippen LogP contribution >= 0.6 is 0 Å². The van der Waals surface area contributed by atoms with Crippen LogP contribution in [0.2, 0.25) is 0 Å². The molecule has 0 aromatic carbocycles. The molecule has 2 saturated heterocycles. The molecule has 2 heterocycles. The number of aliphatic hydroxyl groups is 7. The van der Waals surface area contributed by atoms with Crippen molar-refractivity contribution in [2.45, 2.75) is 210 Å². The number of ether oxygens (including phenoxy) is 6. The summed E-state index contributed by atoms with van der Waals surface area (Å²) in [5.41, 5.74) is 0. The number of esters is 2. The van der Waals surface area contributed by atoms with Gasteiger partial charge in [-0.3, -0.25) is 9.59 Å². The lowest BCUT2D eigenvalue weighted by Crippen LogP contribution is -2.61. The summed E-state index contributed by atoms with van der Waals surface area (Å²) in [4.78, 5) is 25.2. The fraction of sp³-hybridized carbons (Fsp3) is 0.860. The van der Waals surface area contributed by atoms with Crippen LogP contribution < -0.4 is 0 Å². The van der Waals surface area contributed by atoms with E-state index in [-0.39, 0.29) is 26.1 Å². The van der Waals surface area contributed by atoms with Crippen LogP contribution in [0, 0.1) is 0 Å². The molecule has 58 heavy (non-hydrogen) atoms. The maximum atomic E-state index is 12.8. The van der Waals surface area contributed by atoms with Crippen LogP contribution in [0.4, 0.5) is 0 Å². The number of carbonyl (C=O) groups is 2. The molecule has 11 atom stereocenters. The van der Waals surface area contributed by atoms with Crippen LogP contribution in [0.15, 0.2) is 24.3 Å². The molecule has 0 saturated carbocycles. The average Bonchev–Trinajstić information content (AvgIpc) is 3.21. The summed E-state index contributed by atoms with van der Waals surface area (Å²) in [5.74, 6) is -0.959. The van der Waals surface area contributed by atoms with Gasteiger partial charge >= 0.3 is 11.9 Å². The average molecular weight is 833 g/mol. The number of carbonyl (C=O) groups excluding carboxylic acids is 2. The molecule has 0 bridgehead atoms. The normalized spacial score (nSPS) is 28.3. The van der Waals surface area contributed by atoms with Gasteiger partial charge in [-0.1, -0.05) is 109 Å². The SMILES string of the molecule is CCCCC/C=C\C/C=C\CCCCCCCCCCCC(=O)OC(COC(=O)CCCCC)COC1OC(COC2OC(CO)C(O)C(O)C2O)C(O)C(O)C1O. The Balaban J connectivity index is 1.75. The van der Waals surface area contributed by atoms with Crippen molar-refractivity contribution in [3.63, 3.8) is 0 Å². The molecule has 15 nitrogen and oxygen atoms in total. The number of hydrogen-bond donors (Lipinski definition) is 7. The minimum atomic E-state index is -1.76. The highest BCUT2D eigenvalue weighted by Gasteiger charge is 2.47. The topological polar surface area (TPSA) is 231 Å². The fourth-order valence-corrected chi connectivity index (χ4v) is 6.72. The van der Waals surface area contributed by atoms with Crippen LogP contribution in [-0.4, -0.2) is 142 Å². The summed E-state index contributed by atoms with van der Waals surface area (Å²) >= 11 is 0. The van der Waals surface area contributed by atoms with E-state index in [4.69, 9.17) is 28.4 Å². The third kappa shape index (κ3) is 21.0. The Labute approximate surface area is 345 Å². The zero-order valence-corrected chi connectivity index (χ0v) is 35.0. The summed E-state index contributed by atoms with van der Waals surface area (Å²) in [6.45, 7) is 2.34. The van der Waals surface area contributed by atoms with Crippen molar-refractivity contribution in [2.24, 2.45) is 0 Å². The van der Waals surface area contributed by atoms with Crippen LogP contribution in [0.3, 0.4) is 0 Å². The molecular formula is C43H76O15. The molecule has 0 radical (unpaired) electrons. The van der Waals surface area contributed by atoms with Gasteiger partial charge in [0.05, 0.1) is 19.8 Å². The monoisotopic (exact) mass is 833 g/mol. The van der Waals surface area contributed by atoms with Gasteiger partial charge in [0.25, 0.3) is 0 Å². The molecule has 0 amide bonds. The third-order valence-corrected chi connectivity index (χ3v) is 10.4. The number of hydrogen-bond acceptors (Lipinski definition) is 15. The summed E-state index contributed by atoms with van der Waals surface area (Å²) < 4.78 is 33.1. The standard InChI is InChI=1S/C43H76O15/c1-3-5-7-8-9-10-11-12-13-14-15-16-17-18-19-20-21-22-24-26-35(46)56-31(28-53-34(45)25-23-6-4-2)29-54-42-41(52)39(50)37(48)33(58-42)30-55-43-40(51)38(49)36(47)32(27-44)57-43/h9-10,12-13,31-33,36-44,47-52H,3-8,11,14-30H2,1-2H3/b10-9-,13-12-. The summed E-state index contributed by atoms with van der Waals surface area (Å²) in [6.07, 6.45) is 11.8. The van der Waals surface area contributed by atoms with Gasteiger partial charge in [-0.25, -0.2) is 0 Å². The van der Waals surface area contributed by atoms with Crippen molar-refractivity contribution >= 4 is 11.9 Å². The molecule has 11 unspecified atom stereocenters. The quantitative estimate of drug-likeness (QED) is 0.0288. The van der Waals surface area contributed by atoms with E-state index >= 15 is 0 Å². The lowest BCUT2D eigenvalue weighted by atomic mass is 9.98. The van der Waals surface area contributed by atoms with E-state index in [1.165, 1.54) is 51.4 Å². The lowest BCUT2D eigenvalue weighted by Gasteiger charge is -2.42. The van der Waals surface area contributed by atoms with Gasteiger partial charge in [-0.05, 0) is 44.9 Å². The second-order valence-electron chi connectivity index (χ2n) is 15.5. The highest BCUT2D eigenvalue weighted by atomic mass is 16.7. The van der Waals surface area contributed by atoms with Crippen molar-refractivity contribution in [1.29, 1.82) is 0 Å². The Morgan fingerprint density at radius 1 is 0.552 bits per heavy atom. The molecule has 0 spiro atoms. The highest BCUT2D eigenvalue weighted by Crippen LogP contribution is 2.26.